The molecule has 0 bridgehead atoms. The van der Waals surface area contributed by atoms with Crippen molar-refractivity contribution in [2.24, 2.45) is 5.92 Å². The highest BCUT2D eigenvalue weighted by Crippen LogP contribution is 2.10. The standard InChI is InChI=1S/C16H24F2N2O7/c1-8(2)6-10(19-12(21)4-3-5-13(22)23)15(25)20-9(7-11(17)18)14(24)16(26)27/h8-11H,3-7H2,1-2H3,(H,19,21)(H,20,25)(H,22,23)(H,26,27)/t9-,10-/m1/s1. The van der Waals surface area contributed by atoms with E-state index in [-0.39, 0.29) is 31.6 Å². The second-order valence-corrected chi connectivity index (χ2v) is 6.35. The van der Waals surface area contributed by atoms with Gasteiger partial charge in [0.1, 0.15) is 12.1 Å². The van der Waals surface area contributed by atoms with Crippen LogP contribution in [0.4, 0.5) is 8.78 Å². The van der Waals surface area contributed by atoms with Crippen molar-refractivity contribution < 1.29 is 43.0 Å². The van der Waals surface area contributed by atoms with E-state index in [9.17, 15) is 32.8 Å². The van der Waals surface area contributed by atoms with Crippen LogP contribution in [-0.4, -0.2) is 58.3 Å². The Kier molecular flexibility index (Phi) is 10.8. The third kappa shape index (κ3) is 10.9. The van der Waals surface area contributed by atoms with Gasteiger partial charge in [0.2, 0.25) is 18.2 Å². The molecule has 2 atom stereocenters. The summed E-state index contributed by atoms with van der Waals surface area (Å²) < 4.78 is 25.1. The minimum absolute atomic E-state index is 0.0443. The second kappa shape index (κ2) is 11.9. The predicted octanol–water partition coefficient (Wildman–Crippen LogP) is 0.566. The van der Waals surface area contributed by atoms with Gasteiger partial charge in [-0.25, -0.2) is 13.6 Å². The van der Waals surface area contributed by atoms with Gasteiger partial charge in [-0.15, -0.1) is 0 Å². The van der Waals surface area contributed by atoms with E-state index < -0.39 is 54.5 Å². The summed E-state index contributed by atoms with van der Waals surface area (Å²) in [5.41, 5.74) is 0. The number of amides is 2. The van der Waals surface area contributed by atoms with Crippen LogP contribution in [0.5, 0.6) is 0 Å². The monoisotopic (exact) mass is 394 g/mol. The van der Waals surface area contributed by atoms with Gasteiger partial charge in [0.05, 0.1) is 0 Å². The summed E-state index contributed by atoms with van der Waals surface area (Å²) in [5, 5.41) is 21.5. The van der Waals surface area contributed by atoms with E-state index in [0.717, 1.165) is 0 Å². The molecule has 0 spiro atoms. The van der Waals surface area contributed by atoms with Gasteiger partial charge in [-0.3, -0.25) is 19.2 Å². The molecule has 0 aromatic heterocycles. The lowest BCUT2D eigenvalue weighted by atomic mass is 10.0. The molecule has 0 aromatic carbocycles. The van der Waals surface area contributed by atoms with E-state index in [0.29, 0.717) is 0 Å². The molecule has 154 valence electrons. The number of rotatable bonds is 13. The number of alkyl halides is 2. The average molecular weight is 394 g/mol. The Labute approximate surface area is 154 Å². The van der Waals surface area contributed by atoms with Crippen LogP contribution in [-0.2, 0) is 24.0 Å². The zero-order chi connectivity index (χ0) is 21.1. The summed E-state index contributed by atoms with van der Waals surface area (Å²) >= 11 is 0. The van der Waals surface area contributed by atoms with Gasteiger partial charge in [0.25, 0.3) is 5.78 Å². The number of carboxylic acids is 2. The molecule has 0 saturated carbocycles. The van der Waals surface area contributed by atoms with Crippen LogP contribution < -0.4 is 10.6 Å². The van der Waals surface area contributed by atoms with Crippen molar-refractivity contribution >= 4 is 29.5 Å². The first-order valence-corrected chi connectivity index (χ1v) is 8.30. The molecule has 0 aliphatic rings. The zero-order valence-corrected chi connectivity index (χ0v) is 15.0. The van der Waals surface area contributed by atoms with Crippen LogP contribution in [0.3, 0.4) is 0 Å². The summed E-state index contributed by atoms with van der Waals surface area (Å²) in [6, 6.07) is -3.10. The van der Waals surface area contributed by atoms with E-state index in [1.807, 2.05) is 5.32 Å². The lowest BCUT2D eigenvalue weighted by Gasteiger charge is -2.23. The van der Waals surface area contributed by atoms with Gasteiger partial charge in [-0.05, 0) is 18.8 Å². The molecular formula is C16H24F2N2O7. The van der Waals surface area contributed by atoms with E-state index in [2.05, 4.69) is 5.32 Å². The van der Waals surface area contributed by atoms with Crippen molar-refractivity contribution in [3.63, 3.8) is 0 Å². The second-order valence-electron chi connectivity index (χ2n) is 6.35. The maximum Gasteiger partial charge on any atom is 0.374 e. The Morgan fingerprint density at radius 3 is 1.93 bits per heavy atom. The molecule has 0 fully saturated rings. The molecule has 27 heavy (non-hydrogen) atoms. The number of hydrogen-bond acceptors (Lipinski definition) is 5. The molecule has 0 radical (unpaired) electrons. The summed E-state index contributed by atoms with van der Waals surface area (Å²) in [6.45, 7) is 3.46. The number of carboxylic acid groups (broad SMARTS) is 2. The van der Waals surface area contributed by atoms with Gasteiger partial charge < -0.3 is 20.8 Å². The first-order chi connectivity index (χ1) is 12.4. The van der Waals surface area contributed by atoms with Crippen LogP contribution in [0.1, 0.15) is 46.0 Å². The molecule has 0 aromatic rings. The van der Waals surface area contributed by atoms with Gasteiger partial charge in [0, 0.05) is 19.3 Å². The maximum atomic E-state index is 12.6. The molecule has 0 unspecified atom stereocenters. The van der Waals surface area contributed by atoms with Crippen LogP contribution in [0.15, 0.2) is 0 Å². The largest absolute Gasteiger partial charge is 0.481 e. The zero-order valence-electron chi connectivity index (χ0n) is 15.0. The molecular weight excluding hydrogens is 370 g/mol. The topological polar surface area (TPSA) is 150 Å². The highest BCUT2D eigenvalue weighted by molar-refractivity contribution is 6.35. The molecule has 0 saturated heterocycles. The molecule has 0 aliphatic carbocycles. The summed E-state index contributed by atoms with van der Waals surface area (Å²) in [7, 11) is 0. The van der Waals surface area contributed by atoms with Crippen LogP contribution in [0, 0.1) is 5.92 Å². The lowest BCUT2D eigenvalue weighted by Crippen LogP contribution is -2.53. The third-order valence-corrected chi connectivity index (χ3v) is 3.41. The van der Waals surface area contributed by atoms with Crippen molar-refractivity contribution in [3.8, 4) is 0 Å². The Morgan fingerprint density at radius 1 is 0.889 bits per heavy atom. The Bertz CT molecular complexity index is 567. The van der Waals surface area contributed by atoms with E-state index in [1.54, 1.807) is 13.8 Å². The first kappa shape index (κ1) is 24.4. The van der Waals surface area contributed by atoms with Crippen molar-refractivity contribution in [2.75, 3.05) is 0 Å². The first-order valence-electron chi connectivity index (χ1n) is 8.30. The summed E-state index contributed by atoms with van der Waals surface area (Å²) in [6.07, 6.45) is -4.44. The number of halogens is 2. The maximum absolute atomic E-state index is 12.6. The van der Waals surface area contributed by atoms with E-state index >= 15 is 0 Å². The van der Waals surface area contributed by atoms with Crippen LogP contribution >= 0.6 is 0 Å². The fraction of sp³-hybridized carbons (Fsp3) is 0.688. The average Bonchev–Trinajstić information content (AvgIpc) is 2.51. The molecule has 0 rings (SSSR count). The number of aliphatic carboxylic acids is 2. The van der Waals surface area contributed by atoms with Gasteiger partial charge in [-0.1, -0.05) is 13.8 Å². The van der Waals surface area contributed by atoms with Gasteiger partial charge >= 0.3 is 11.9 Å². The van der Waals surface area contributed by atoms with E-state index in [1.165, 1.54) is 0 Å². The van der Waals surface area contributed by atoms with Gasteiger partial charge in [0.15, 0.2) is 0 Å². The normalized spacial score (nSPS) is 13.1. The Hall–Kier alpha value is -2.59. The number of nitrogens with one attached hydrogen (secondary N) is 2. The predicted molar refractivity (Wildman–Crippen MR) is 88.1 cm³/mol. The SMILES string of the molecule is CC(C)C[C@@H](NC(=O)CCCC(=O)O)C(=O)N[C@H](CC(F)F)C(=O)C(=O)O. The van der Waals surface area contributed by atoms with Crippen molar-refractivity contribution in [1.29, 1.82) is 0 Å². The van der Waals surface area contributed by atoms with Crippen LogP contribution in [0.25, 0.3) is 0 Å². The van der Waals surface area contributed by atoms with Crippen LogP contribution in [0.2, 0.25) is 0 Å². The number of ketones is 1. The van der Waals surface area contributed by atoms with Crippen molar-refractivity contribution in [1.82, 2.24) is 10.6 Å². The number of Topliss-reactive ketones (excluding diaryl/α,β-unsaturated/α-hetero) is 1. The minimum atomic E-state index is -3.02. The molecule has 9 nitrogen and oxygen atoms in total. The summed E-state index contributed by atoms with van der Waals surface area (Å²) in [4.78, 5) is 56.8. The highest BCUT2D eigenvalue weighted by atomic mass is 19.3. The molecule has 0 aliphatic heterocycles. The molecule has 11 heteroatoms. The summed E-state index contributed by atoms with van der Waals surface area (Å²) in [5.74, 6) is -6.30. The molecule has 4 N–H and O–H groups in total. The fourth-order valence-electron chi connectivity index (χ4n) is 2.20. The number of carbonyl (C=O) groups excluding carboxylic acids is 3. The van der Waals surface area contributed by atoms with Gasteiger partial charge in [-0.2, -0.15) is 0 Å². The third-order valence-electron chi connectivity index (χ3n) is 3.41. The minimum Gasteiger partial charge on any atom is -0.481 e. The Morgan fingerprint density at radius 2 is 1.48 bits per heavy atom. The van der Waals surface area contributed by atoms with Crippen molar-refractivity contribution in [2.45, 2.75) is 64.5 Å². The highest BCUT2D eigenvalue weighted by Gasteiger charge is 2.32. The number of carbonyl (C=O) groups is 5. The Balaban J connectivity index is 5.05. The quantitative estimate of drug-likeness (QED) is 0.333. The molecule has 2 amide bonds. The number of hydrogen-bond donors (Lipinski definition) is 4. The fourth-order valence-corrected chi connectivity index (χ4v) is 2.20. The smallest absolute Gasteiger partial charge is 0.374 e. The van der Waals surface area contributed by atoms with E-state index in [4.69, 9.17) is 10.2 Å². The lowest BCUT2D eigenvalue weighted by molar-refractivity contribution is -0.151. The molecule has 0 heterocycles. The van der Waals surface area contributed by atoms with Crippen molar-refractivity contribution in [3.05, 3.63) is 0 Å².